The largest absolute Gasteiger partial charge is 0.337 e. The summed E-state index contributed by atoms with van der Waals surface area (Å²) in [5.74, 6) is 0.144. The van der Waals surface area contributed by atoms with Crippen LogP contribution in [-0.2, 0) is 0 Å². The van der Waals surface area contributed by atoms with Gasteiger partial charge in [0.1, 0.15) is 5.69 Å². The maximum absolute atomic E-state index is 12.5. The Bertz CT molecular complexity index is 943. The fraction of sp³-hybridized carbons (Fsp3) is 0.375. The van der Waals surface area contributed by atoms with Crippen molar-refractivity contribution in [2.24, 2.45) is 0 Å². The molecule has 0 unspecified atom stereocenters. The number of nitrogens with zero attached hydrogens (tertiary/aromatic N) is 4. The summed E-state index contributed by atoms with van der Waals surface area (Å²) in [7, 11) is 0. The van der Waals surface area contributed by atoms with Gasteiger partial charge in [0, 0.05) is 47.9 Å². The second-order valence-electron chi connectivity index (χ2n) is 6.10. The van der Waals surface area contributed by atoms with Crippen LogP contribution in [0.1, 0.15) is 40.6 Å². The first-order valence-corrected chi connectivity index (χ1v) is 8.83. The van der Waals surface area contributed by atoms with E-state index in [1.165, 1.54) is 21.9 Å². The smallest absolute Gasteiger partial charge is 0.273 e. The average Bonchev–Trinajstić information content (AvgIpc) is 3.23. The highest BCUT2D eigenvalue weighted by Crippen LogP contribution is 2.27. The van der Waals surface area contributed by atoms with Gasteiger partial charge in [0.05, 0.1) is 5.51 Å². The van der Waals surface area contributed by atoms with Gasteiger partial charge in [-0.25, -0.2) is 14.5 Å². The Hall–Kier alpha value is -2.48. The van der Waals surface area contributed by atoms with Crippen LogP contribution in [0.15, 0.2) is 27.8 Å². The van der Waals surface area contributed by atoms with Crippen LogP contribution in [0.5, 0.6) is 0 Å². The molecule has 24 heavy (non-hydrogen) atoms. The molecule has 1 amide bonds. The van der Waals surface area contributed by atoms with E-state index >= 15 is 0 Å². The number of rotatable bonds is 2. The molecule has 1 fully saturated rings. The van der Waals surface area contributed by atoms with Crippen LogP contribution in [0.25, 0.3) is 5.65 Å². The van der Waals surface area contributed by atoms with Crippen LogP contribution in [-0.4, -0.2) is 43.5 Å². The monoisotopic (exact) mass is 343 g/mol. The van der Waals surface area contributed by atoms with Crippen molar-refractivity contribution in [3.05, 3.63) is 50.5 Å². The third kappa shape index (κ3) is 2.62. The van der Waals surface area contributed by atoms with Gasteiger partial charge in [-0.3, -0.25) is 14.7 Å². The Kier molecular flexibility index (Phi) is 3.68. The molecule has 0 aliphatic carbocycles. The predicted molar refractivity (Wildman–Crippen MR) is 90.5 cm³/mol. The van der Waals surface area contributed by atoms with Gasteiger partial charge in [0.2, 0.25) is 0 Å². The Morgan fingerprint density at radius 1 is 1.42 bits per heavy atom. The number of amides is 1. The van der Waals surface area contributed by atoms with E-state index in [2.05, 4.69) is 15.1 Å². The van der Waals surface area contributed by atoms with Crippen molar-refractivity contribution in [1.29, 1.82) is 0 Å². The molecule has 1 saturated heterocycles. The molecule has 4 rings (SSSR count). The number of likely N-dealkylation sites (tertiary alicyclic amines) is 1. The normalized spacial score (nSPS) is 18.2. The van der Waals surface area contributed by atoms with Crippen molar-refractivity contribution < 1.29 is 4.79 Å². The SMILES string of the molecule is Cc1cc(=O)n2[nH]c([C@H]3CCCN(C(=O)c4cscn4)C3)cc2n1. The molecule has 3 aromatic heterocycles. The molecule has 0 aromatic carbocycles. The molecule has 1 aliphatic rings. The molecule has 0 saturated carbocycles. The third-order valence-corrected chi connectivity index (χ3v) is 4.98. The zero-order chi connectivity index (χ0) is 16.7. The zero-order valence-corrected chi connectivity index (χ0v) is 14.0. The maximum atomic E-state index is 12.5. The van der Waals surface area contributed by atoms with Crippen LogP contribution in [0.2, 0.25) is 0 Å². The Balaban J connectivity index is 1.61. The number of hydrogen-bond donors (Lipinski definition) is 1. The Morgan fingerprint density at radius 2 is 2.29 bits per heavy atom. The molecule has 8 heteroatoms. The van der Waals surface area contributed by atoms with Crippen molar-refractivity contribution in [2.45, 2.75) is 25.7 Å². The van der Waals surface area contributed by atoms with Crippen LogP contribution < -0.4 is 5.56 Å². The van der Waals surface area contributed by atoms with Gasteiger partial charge in [-0.05, 0) is 19.8 Å². The van der Waals surface area contributed by atoms with Crippen molar-refractivity contribution in [1.82, 2.24) is 24.5 Å². The van der Waals surface area contributed by atoms with Crippen molar-refractivity contribution in [3.8, 4) is 0 Å². The lowest BCUT2D eigenvalue weighted by atomic mass is 9.94. The summed E-state index contributed by atoms with van der Waals surface area (Å²) in [5, 5.41) is 4.92. The second kappa shape index (κ2) is 5.86. The molecule has 1 atom stereocenters. The molecule has 7 nitrogen and oxygen atoms in total. The number of piperidine rings is 1. The number of nitrogens with one attached hydrogen (secondary N) is 1. The highest BCUT2D eigenvalue weighted by molar-refractivity contribution is 7.07. The summed E-state index contributed by atoms with van der Waals surface area (Å²) < 4.78 is 1.46. The van der Waals surface area contributed by atoms with Crippen LogP contribution in [0, 0.1) is 6.92 Å². The number of thiazole rings is 1. The molecule has 3 aromatic rings. The zero-order valence-electron chi connectivity index (χ0n) is 13.2. The summed E-state index contributed by atoms with van der Waals surface area (Å²) in [4.78, 5) is 34.9. The van der Waals surface area contributed by atoms with Gasteiger partial charge in [-0.1, -0.05) is 0 Å². The number of aromatic nitrogens is 4. The highest BCUT2D eigenvalue weighted by atomic mass is 32.1. The van der Waals surface area contributed by atoms with Gasteiger partial charge >= 0.3 is 0 Å². The lowest BCUT2D eigenvalue weighted by Crippen LogP contribution is -2.39. The van der Waals surface area contributed by atoms with Crippen LogP contribution in [0.4, 0.5) is 0 Å². The van der Waals surface area contributed by atoms with E-state index in [1.807, 2.05) is 17.9 Å². The fourth-order valence-electron chi connectivity index (χ4n) is 3.23. The number of aromatic amines is 1. The van der Waals surface area contributed by atoms with Gasteiger partial charge in [0.15, 0.2) is 5.65 Å². The minimum atomic E-state index is -0.116. The number of fused-ring (bicyclic) bond motifs is 1. The number of hydrogen-bond acceptors (Lipinski definition) is 5. The number of H-pyrrole nitrogens is 1. The first kappa shape index (κ1) is 15.1. The van der Waals surface area contributed by atoms with E-state index in [4.69, 9.17) is 0 Å². The quantitative estimate of drug-likeness (QED) is 0.769. The van der Waals surface area contributed by atoms with Crippen molar-refractivity contribution in [2.75, 3.05) is 13.1 Å². The first-order valence-electron chi connectivity index (χ1n) is 7.88. The van der Waals surface area contributed by atoms with E-state index < -0.39 is 0 Å². The van der Waals surface area contributed by atoms with E-state index in [9.17, 15) is 9.59 Å². The average molecular weight is 343 g/mol. The molecular formula is C16H17N5O2S. The second-order valence-corrected chi connectivity index (χ2v) is 6.82. The van der Waals surface area contributed by atoms with Crippen molar-refractivity contribution >= 4 is 22.9 Å². The van der Waals surface area contributed by atoms with E-state index in [-0.39, 0.29) is 17.4 Å². The molecule has 1 aliphatic heterocycles. The summed E-state index contributed by atoms with van der Waals surface area (Å²) >= 11 is 1.42. The lowest BCUT2D eigenvalue weighted by Gasteiger charge is -2.31. The van der Waals surface area contributed by atoms with Gasteiger partial charge in [0.25, 0.3) is 11.5 Å². The molecule has 124 valence electrons. The number of carbonyl (C=O) groups is 1. The molecule has 4 heterocycles. The van der Waals surface area contributed by atoms with Crippen LogP contribution in [0.3, 0.4) is 0 Å². The van der Waals surface area contributed by atoms with Crippen molar-refractivity contribution in [3.63, 3.8) is 0 Å². The third-order valence-electron chi connectivity index (χ3n) is 4.40. The summed E-state index contributed by atoms with van der Waals surface area (Å²) in [5.41, 5.74) is 4.33. The number of carbonyl (C=O) groups excluding carboxylic acids is 1. The first-order chi connectivity index (χ1) is 11.6. The molecular weight excluding hydrogens is 326 g/mol. The molecule has 0 radical (unpaired) electrons. The molecule has 0 bridgehead atoms. The topological polar surface area (TPSA) is 83.4 Å². The molecule has 1 N–H and O–H groups in total. The highest BCUT2D eigenvalue weighted by Gasteiger charge is 2.27. The van der Waals surface area contributed by atoms with Gasteiger partial charge < -0.3 is 4.90 Å². The molecule has 0 spiro atoms. The number of aryl methyl sites for hydroxylation is 1. The minimum Gasteiger partial charge on any atom is -0.337 e. The predicted octanol–water partition coefficient (Wildman–Crippen LogP) is 1.81. The Morgan fingerprint density at radius 3 is 3.08 bits per heavy atom. The maximum Gasteiger partial charge on any atom is 0.273 e. The van der Waals surface area contributed by atoms with Gasteiger partial charge in [-0.15, -0.1) is 11.3 Å². The standard InChI is InChI=1S/C16H17N5O2S/c1-10-5-15(22)21-14(18-10)6-12(19-21)11-3-2-4-20(7-11)16(23)13-8-24-9-17-13/h5-6,8-9,11,19H,2-4,7H2,1H3/t11-/m0/s1. The van der Waals surface area contributed by atoms with Gasteiger partial charge in [-0.2, -0.15) is 0 Å². The van der Waals surface area contributed by atoms with E-state index in [0.29, 0.717) is 23.6 Å². The van der Waals surface area contributed by atoms with E-state index in [0.717, 1.165) is 25.1 Å². The van der Waals surface area contributed by atoms with E-state index in [1.54, 1.807) is 10.9 Å². The summed E-state index contributed by atoms with van der Waals surface area (Å²) in [6.07, 6.45) is 1.90. The lowest BCUT2D eigenvalue weighted by molar-refractivity contribution is 0.0700. The Labute approximate surface area is 142 Å². The minimum absolute atomic E-state index is 0.0248. The summed E-state index contributed by atoms with van der Waals surface area (Å²) in [6, 6.07) is 3.42. The fourth-order valence-corrected chi connectivity index (χ4v) is 3.76. The van der Waals surface area contributed by atoms with Crippen LogP contribution >= 0.6 is 11.3 Å². The summed E-state index contributed by atoms with van der Waals surface area (Å²) in [6.45, 7) is 3.17.